The van der Waals surface area contributed by atoms with Crippen molar-refractivity contribution in [2.24, 2.45) is 0 Å². The average molecular weight is 504 g/mol. The van der Waals surface area contributed by atoms with Crippen LogP contribution in [0.1, 0.15) is 27.9 Å². The van der Waals surface area contributed by atoms with Crippen LogP contribution >= 0.6 is 0 Å². The predicted molar refractivity (Wildman–Crippen MR) is 133 cm³/mol. The van der Waals surface area contributed by atoms with E-state index < -0.39 is 10.2 Å². The number of carbonyl (C=O) groups is 1. The number of aryl methyl sites for hydroxylation is 2. The second-order valence-corrected chi connectivity index (χ2v) is 10.6. The van der Waals surface area contributed by atoms with Gasteiger partial charge < -0.3 is 19.1 Å². The van der Waals surface area contributed by atoms with Gasteiger partial charge in [0, 0.05) is 38.4 Å². The van der Waals surface area contributed by atoms with Crippen molar-refractivity contribution in [3.63, 3.8) is 0 Å². The highest BCUT2D eigenvalue weighted by Gasteiger charge is 2.38. The molecule has 0 saturated carbocycles. The smallest absolute Gasteiger partial charge is 0.301 e. The Kier molecular flexibility index (Phi) is 7.95. The Labute approximate surface area is 207 Å². The lowest BCUT2D eigenvalue weighted by molar-refractivity contribution is 0.0340. The molecule has 9 nitrogen and oxygen atoms in total. The molecular weight excluding hydrogens is 470 g/mol. The van der Waals surface area contributed by atoms with Crippen LogP contribution in [0.2, 0.25) is 0 Å². The van der Waals surface area contributed by atoms with Crippen molar-refractivity contribution in [1.29, 1.82) is 0 Å². The molecule has 2 fully saturated rings. The predicted octanol–water partition coefficient (Wildman–Crippen LogP) is 2.60. The van der Waals surface area contributed by atoms with Crippen LogP contribution in [0.25, 0.3) is 0 Å². The molecule has 0 aromatic heterocycles. The van der Waals surface area contributed by atoms with Crippen LogP contribution in [0, 0.1) is 13.8 Å². The SMILES string of the molecule is CO[C@@H]1CN(C(=O)c2cc(C)ccc2C)C[C@H]1Oc1cccc(NS(=O)(=O)N2CCCOCC2)c1. The number of benzene rings is 2. The molecule has 0 unspecified atom stereocenters. The molecule has 2 aromatic rings. The number of nitrogens with zero attached hydrogens (tertiary/aromatic N) is 2. The maximum absolute atomic E-state index is 13.2. The number of hydrogen-bond acceptors (Lipinski definition) is 6. The number of nitrogens with one attached hydrogen (secondary N) is 1. The lowest BCUT2D eigenvalue weighted by atomic mass is 10.0. The molecule has 2 aliphatic rings. The quantitative estimate of drug-likeness (QED) is 0.624. The fourth-order valence-corrected chi connectivity index (χ4v) is 5.61. The standard InChI is InChI=1S/C25H33N3O6S/c1-18-8-9-19(2)22(14-18)25(29)27-16-23(32-3)24(17-27)34-21-7-4-6-20(15-21)26-35(30,31)28-10-5-12-33-13-11-28/h4,6-9,14-15,23-24,26H,5,10-13,16-17H2,1-3H3/t23-,24-/m1/s1. The first-order chi connectivity index (χ1) is 16.8. The number of carbonyl (C=O) groups excluding carboxylic acids is 1. The Morgan fingerprint density at radius 3 is 2.66 bits per heavy atom. The molecule has 2 saturated heterocycles. The monoisotopic (exact) mass is 503 g/mol. The Balaban J connectivity index is 1.44. The third-order valence-electron chi connectivity index (χ3n) is 6.32. The fraction of sp³-hybridized carbons (Fsp3) is 0.480. The molecule has 0 spiro atoms. The van der Waals surface area contributed by atoms with E-state index in [-0.39, 0.29) is 18.1 Å². The Bertz CT molecular complexity index is 1150. The maximum atomic E-state index is 13.2. The molecule has 2 heterocycles. The lowest BCUT2D eigenvalue weighted by Gasteiger charge is -2.21. The van der Waals surface area contributed by atoms with Crippen LogP contribution in [-0.4, -0.2) is 82.2 Å². The highest BCUT2D eigenvalue weighted by Crippen LogP contribution is 2.26. The molecule has 1 amide bonds. The molecule has 10 heteroatoms. The molecule has 0 bridgehead atoms. The van der Waals surface area contributed by atoms with Gasteiger partial charge in [-0.05, 0) is 44.0 Å². The zero-order chi connectivity index (χ0) is 25.0. The molecule has 0 radical (unpaired) electrons. The van der Waals surface area contributed by atoms with Crippen LogP contribution in [0.3, 0.4) is 0 Å². The van der Waals surface area contributed by atoms with Gasteiger partial charge in [0.1, 0.15) is 18.0 Å². The topological polar surface area (TPSA) is 97.4 Å². The van der Waals surface area contributed by atoms with E-state index in [1.807, 2.05) is 32.0 Å². The average Bonchev–Trinajstić information content (AvgIpc) is 3.03. The molecular formula is C25H33N3O6S. The molecule has 190 valence electrons. The van der Waals surface area contributed by atoms with Gasteiger partial charge in [0.15, 0.2) is 0 Å². The number of amides is 1. The Morgan fingerprint density at radius 2 is 1.86 bits per heavy atom. The van der Waals surface area contributed by atoms with Gasteiger partial charge in [0.2, 0.25) is 0 Å². The maximum Gasteiger partial charge on any atom is 0.301 e. The van der Waals surface area contributed by atoms with Crippen molar-refractivity contribution in [2.75, 3.05) is 51.2 Å². The largest absolute Gasteiger partial charge is 0.486 e. The van der Waals surface area contributed by atoms with Gasteiger partial charge in [0.25, 0.3) is 5.91 Å². The van der Waals surface area contributed by atoms with Crippen LogP contribution in [0.5, 0.6) is 5.75 Å². The minimum atomic E-state index is -3.71. The Morgan fingerprint density at radius 1 is 1.06 bits per heavy atom. The van der Waals surface area contributed by atoms with Gasteiger partial charge in [-0.1, -0.05) is 23.8 Å². The van der Waals surface area contributed by atoms with Crippen LogP contribution in [-0.2, 0) is 19.7 Å². The zero-order valence-corrected chi connectivity index (χ0v) is 21.2. The minimum absolute atomic E-state index is 0.0534. The molecule has 35 heavy (non-hydrogen) atoms. The summed E-state index contributed by atoms with van der Waals surface area (Å²) in [6.07, 6.45) is -0.0354. The number of rotatable bonds is 7. The van der Waals surface area contributed by atoms with E-state index in [0.717, 1.165) is 11.1 Å². The second-order valence-electron chi connectivity index (χ2n) is 8.96. The van der Waals surface area contributed by atoms with Crippen LogP contribution in [0.4, 0.5) is 5.69 Å². The van der Waals surface area contributed by atoms with Gasteiger partial charge in [0.05, 0.1) is 25.4 Å². The molecule has 1 N–H and O–H groups in total. The molecule has 2 aromatic carbocycles. The van der Waals surface area contributed by atoms with E-state index in [0.29, 0.717) is 62.8 Å². The first-order valence-electron chi connectivity index (χ1n) is 11.8. The van der Waals surface area contributed by atoms with Crippen molar-refractivity contribution >= 4 is 21.8 Å². The number of methoxy groups -OCH3 is 1. The summed E-state index contributed by atoms with van der Waals surface area (Å²) in [4.78, 5) is 14.9. The summed E-state index contributed by atoms with van der Waals surface area (Å²) in [7, 11) is -2.11. The minimum Gasteiger partial charge on any atom is -0.486 e. The van der Waals surface area contributed by atoms with E-state index >= 15 is 0 Å². The first-order valence-corrected chi connectivity index (χ1v) is 13.2. The van der Waals surface area contributed by atoms with Crippen molar-refractivity contribution in [3.05, 3.63) is 59.2 Å². The van der Waals surface area contributed by atoms with Crippen LogP contribution < -0.4 is 9.46 Å². The normalized spacial score (nSPS) is 21.5. The lowest BCUT2D eigenvalue weighted by Crippen LogP contribution is -2.37. The van der Waals surface area contributed by atoms with E-state index in [1.165, 1.54) is 4.31 Å². The number of anilines is 1. The van der Waals surface area contributed by atoms with Gasteiger partial charge in [-0.3, -0.25) is 9.52 Å². The van der Waals surface area contributed by atoms with E-state index in [1.54, 1.807) is 36.3 Å². The number of ether oxygens (including phenoxy) is 3. The molecule has 2 aliphatic heterocycles. The van der Waals surface area contributed by atoms with Crippen molar-refractivity contribution in [3.8, 4) is 5.75 Å². The zero-order valence-electron chi connectivity index (χ0n) is 20.4. The highest BCUT2D eigenvalue weighted by molar-refractivity contribution is 7.90. The summed E-state index contributed by atoms with van der Waals surface area (Å²) >= 11 is 0. The van der Waals surface area contributed by atoms with E-state index in [2.05, 4.69) is 4.72 Å². The van der Waals surface area contributed by atoms with Gasteiger partial charge in [-0.2, -0.15) is 12.7 Å². The molecule has 0 aliphatic carbocycles. The number of likely N-dealkylation sites (tertiary alicyclic amines) is 1. The second kappa shape index (κ2) is 10.9. The summed E-state index contributed by atoms with van der Waals surface area (Å²) in [6.45, 7) is 6.33. The summed E-state index contributed by atoms with van der Waals surface area (Å²) < 4.78 is 46.8. The summed E-state index contributed by atoms with van der Waals surface area (Å²) in [6, 6.07) is 12.7. The van der Waals surface area contributed by atoms with Crippen molar-refractivity contribution < 1.29 is 27.4 Å². The highest BCUT2D eigenvalue weighted by atomic mass is 32.2. The summed E-state index contributed by atoms with van der Waals surface area (Å²) in [5.74, 6) is 0.444. The summed E-state index contributed by atoms with van der Waals surface area (Å²) in [5.41, 5.74) is 3.04. The van der Waals surface area contributed by atoms with Crippen molar-refractivity contribution in [2.45, 2.75) is 32.5 Å². The van der Waals surface area contributed by atoms with E-state index in [9.17, 15) is 13.2 Å². The number of hydrogen-bond donors (Lipinski definition) is 1. The fourth-order valence-electron chi connectivity index (χ4n) is 4.37. The summed E-state index contributed by atoms with van der Waals surface area (Å²) in [5, 5.41) is 0. The third-order valence-corrected chi connectivity index (χ3v) is 7.86. The Hall–Kier alpha value is -2.66. The van der Waals surface area contributed by atoms with Crippen molar-refractivity contribution in [1.82, 2.24) is 9.21 Å². The van der Waals surface area contributed by atoms with Gasteiger partial charge >= 0.3 is 10.2 Å². The van der Waals surface area contributed by atoms with Crippen LogP contribution in [0.15, 0.2) is 42.5 Å². The third kappa shape index (κ3) is 6.13. The van der Waals surface area contributed by atoms with Gasteiger partial charge in [-0.15, -0.1) is 0 Å². The van der Waals surface area contributed by atoms with Gasteiger partial charge in [-0.25, -0.2) is 0 Å². The first kappa shape index (κ1) is 25.4. The molecule has 2 atom stereocenters. The molecule has 4 rings (SSSR count). The van der Waals surface area contributed by atoms with E-state index in [4.69, 9.17) is 14.2 Å².